The Morgan fingerprint density at radius 3 is 2.67 bits per heavy atom. The lowest BCUT2D eigenvalue weighted by Gasteiger charge is -2.25. The Bertz CT molecular complexity index is 618. The Labute approximate surface area is 139 Å². The molecule has 2 nitrogen and oxygen atoms in total. The average Bonchev–Trinajstić information content (AvgIpc) is 2.68. The smallest absolute Gasteiger partial charge is 0.171 e. The fraction of sp³-hybridized carbons (Fsp3) is 0.438. The molecule has 0 fully saturated rings. The summed E-state index contributed by atoms with van der Waals surface area (Å²) in [6, 6.07) is 1.55. The molecule has 21 heavy (non-hydrogen) atoms. The topological polar surface area (TPSA) is 37.3 Å². The molecule has 0 bridgehead atoms. The molecule has 1 atom stereocenters. The summed E-state index contributed by atoms with van der Waals surface area (Å²) in [5, 5.41) is 10.7. The molecule has 1 aromatic carbocycles. The van der Waals surface area contributed by atoms with Crippen LogP contribution in [-0.2, 0) is 6.42 Å². The van der Waals surface area contributed by atoms with Gasteiger partial charge in [-0.05, 0) is 37.8 Å². The van der Waals surface area contributed by atoms with E-state index in [2.05, 4.69) is 0 Å². The maximum Gasteiger partial charge on any atom is 0.171 e. The highest BCUT2D eigenvalue weighted by molar-refractivity contribution is 6.45. The molecule has 1 N–H and O–H groups in total. The minimum absolute atomic E-state index is 0.000386. The number of halogens is 3. The van der Waals surface area contributed by atoms with Crippen LogP contribution in [0.15, 0.2) is 17.2 Å². The van der Waals surface area contributed by atoms with Gasteiger partial charge < -0.3 is 5.11 Å². The van der Waals surface area contributed by atoms with Crippen molar-refractivity contribution >= 4 is 40.6 Å². The Hall–Kier alpha value is -0.700. The second kappa shape index (κ2) is 6.20. The largest absolute Gasteiger partial charge is 0.506 e. The maximum atomic E-state index is 12.9. The molecule has 0 radical (unpaired) electrons. The Morgan fingerprint density at radius 2 is 2.10 bits per heavy atom. The predicted molar refractivity (Wildman–Crippen MR) is 87.7 cm³/mol. The Balaban J connectivity index is 2.51. The van der Waals surface area contributed by atoms with E-state index in [4.69, 9.17) is 34.8 Å². The lowest BCUT2D eigenvalue weighted by molar-refractivity contribution is 0.0806. The summed E-state index contributed by atoms with van der Waals surface area (Å²) in [6.07, 6.45) is 4.62. The number of allylic oxidation sites excluding steroid dienone is 2. The molecule has 0 heterocycles. The number of phenolic OH excluding ortho intramolecular Hbond substituents is 1. The van der Waals surface area contributed by atoms with Gasteiger partial charge in [0.05, 0.1) is 5.02 Å². The van der Waals surface area contributed by atoms with Crippen molar-refractivity contribution in [1.82, 2.24) is 0 Å². The summed E-state index contributed by atoms with van der Waals surface area (Å²) in [5.41, 5.74) is 0.683. The Kier molecular flexibility index (Phi) is 4.92. The van der Waals surface area contributed by atoms with Crippen molar-refractivity contribution in [3.8, 4) is 5.75 Å². The third-order valence-electron chi connectivity index (χ3n) is 4.01. The standard InChI is InChI=1S/C16H17Cl3O2/c1-3-5-16(6-4-9(2)17)8-10-7-11(20)13(18)14(19)12(10)15(16)21/h4,7,20H,3,5-6,8H2,1-2H3. The van der Waals surface area contributed by atoms with Crippen molar-refractivity contribution in [3.05, 3.63) is 38.3 Å². The summed E-state index contributed by atoms with van der Waals surface area (Å²) in [6.45, 7) is 3.84. The van der Waals surface area contributed by atoms with Crippen LogP contribution in [-0.4, -0.2) is 10.9 Å². The maximum absolute atomic E-state index is 12.9. The van der Waals surface area contributed by atoms with E-state index >= 15 is 0 Å². The van der Waals surface area contributed by atoms with Gasteiger partial charge in [-0.3, -0.25) is 4.79 Å². The van der Waals surface area contributed by atoms with Crippen molar-refractivity contribution in [2.75, 3.05) is 0 Å². The van der Waals surface area contributed by atoms with Gasteiger partial charge >= 0.3 is 0 Å². The van der Waals surface area contributed by atoms with Gasteiger partial charge in [0.2, 0.25) is 0 Å². The van der Waals surface area contributed by atoms with E-state index in [1.54, 1.807) is 13.0 Å². The highest BCUT2D eigenvalue weighted by atomic mass is 35.5. The summed E-state index contributed by atoms with van der Waals surface area (Å²) >= 11 is 18.1. The summed E-state index contributed by atoms with van der Waals surface area (Å²) in [5.74, 6) is -0.0787. The number of benzene rings is 1. The third kappa shape index (κ3) is 2.94. The number of fused-ring (bicyclic) bond motifs is 1. The van der Waals surface area contributed by atoms with E-state index in [0.717, 1.165) is 18.4 Å². The molecule has 0 saturated carbocycles. The van der Waals surface area contributed by atoms with Gasteiger partial charge in [-0.1, -0.05) is 54.2 Å². The van der Waals surface area contributed by atoms with Gasteiger partial charge in [0.1, 0.15) is 10.8 Å². The van der Waals surface area contributed by atoms with Crippen molar-refractivity contribution in [3.63, 3.8) is 0 Å². The van der Waals surface area contributed by atoms with Gasteiger partial charge in [-0.15, -0.1) is 0 Å². The molecule has 0 saturated heterocycles. The number of carbonyl (C=O) groups excluding carboxylic acids is 1. The van der Waals surface area contributed by atoms with E-state index in [-0.39, 0.29) is 21.6 Å². The van der Waals surface area contributed by atoms with Gasteiger partial charge in [0, 0.05) is 16.0 Å². The first-order valence-corrected chi connectivity index (χ1v) is 8.02. The number of carbonyl (C=O) groups is 1. The first-order chi connectivity index (χ1) is 9.82. The number of ketones is 1. The molecular weight excluding hydrogens is 331 g/mol. The highest BCUT2D eigenvalue weighted by Crippen LogP contribution is 2.49. The fourth-order valence-corrected chi connectivity index (χ4v) is 3.57. The van der Waals surface area contributed by atoms with E-state index in [9.17, 15) is 9.90 Å². The Morgan fingerprint density at radius 1 is 1.43 bits per heavy atom. The minimum Gasteiger partial charge on any atom is -0.506 e. The first kappa shape index (κ1) is 16.7. The SMILES string of the molecule is CCCC1(CC=C(C)Cl)Cc2cc(O)c(Cl)c(Cl)c2C1=O. The molecule has 1 unspecified atom stereocenters. The van der Waals surface area contributed by atoms with E-state index in [0.29, 0.717) is 23.4 Å². The van der Waals surface area contributed by atoms with E-state index in [1.807, 2.05) is 13.0 Å². The number of phenols is 1. The molecular formula is C16H17Cl3O2. The zero-order valence-corrected chi connectivity index (χ0v) is 14.2. The van der Waals surface area contributed by atoms with Crippen LogP contribution in [0.5, 0.6) is 5.75 Å². The van der Waals surface area contributed by atoms with Crippen LogP contribution >= 0.6 is 34.8 Å². The van der Waals surface area contributed by atoms with Crippen LogP contribution in [0, 0.1) is 5.41 Å². The summed E-state index contributed by atoms with van der Waals surface area (Å²) in [7, 11) is 0. The normalized spacial score (nSPS) is 21.8. The fourth-order valence-electron chi connectivity index (χ4n) is 3.04. The zero-order chi connectivity index (χ0) is 15.8. The molecule has 1 aromatic rings. The second-order valence-electron chi connectivity index (χ2n) is 5.59. The van der Waals surface area contributed by atoms with Crippen LogP contribution in [0.3, 0.4) is 0 Å². The molecule has 0 amide bonds. The van der Waals surface area contributed by atoms with Gasteiger partial charge in [-0.2, -0.15) is 0 Å². The highest BCUT2D eigenvalue weighted by Gasteiger charge is 2.45. The lowest BCUT2D eigenvalue weighted by atomic mass is 9.76. The molecule has 0 spiro atoms. The first-order valence-electron chi connectivity index (χ1n) is 6.89. The molecule has 1 aliphatic carbocycles. The minimum atomic E-state index is -0.534. The van der Waals surface area contributed by atoms with Crippen LogP contribution in [0.25, 0.3) is 0 Å². The van der Waals surface area contributed by atoms with Crippen molar-refractivity contribution in [2.45, 2.75) is 39.5 Å². The van der Waals surface area contributed by atoms with Crippen LogP contribution in [0.2, 0.25) is 10.0 Å². The lowest BCUT2D eigenvalue weighted by Crippen LogP contribution is -2.27. The number of aromatic hydroxyl groups is 1. The second-order valence-corrected chi connectivity index (χ2v) is 6.94. The van der Waals surface area contributed by atoms with Gasteiger partial charge in [0.25, 0.3) is 0 Å². The number of rotatable bonds is 4. The van der Waals surface area contributed by atoms with Crippen molar-refractivity contribution in [1.29, 1.82) is 0 Å². The average molecular weight is 348 g/mol. The zero-order valence-electron chi connectivity index (χ0n) is 12.0. The van der Waals surface area contributed by atoms with Crippen molar-refractivity contribution in [2.24, 2.45) is 5.41 Å². The third-order valence-corrected chi connectivity index (χ3v) is 5.02. The molecule has 0 aromatic heterocycles. The van der Waals surface area contributed by atoms with Crippen LogP contribution in [0.1, 0.15) is 49.0 Å². The number of Topliss-reactive ketones (excluding diaryl/α,β-unsaturated/α-hetero) is 1. The molecule has 114 valence electrons. The number of hydrogen-bond acceptors (Lipinski definition) is 2. The monoisotopic (exact) mass is 346 g/mol. The van der Waals surface area contributed by atoms with Crippen LogP contribution in [0.4, 0.5) is 0 Å². The quantitative estimate of drug-likeness (QED) is 0.752. The molecule has 2 rings (SSSR count). The molecule has 0 aliphatic heterocycles. The summed E-state index contributed by atoms with van der Waals surface area (Å²) in [4.78, 5) is 12.9. The number of hydrogen-bond donors (Lipinski definition) is 1. The van der Waals surface area contributed by atoms with Crippen LogP contribution < -0.4 is 0 Å². The van der Waals surface area contributed by atoms with Crippen molar-refractivity contribution < 1.29 is 9.90 Å². The van der Waals surface area contributed by atoms with Gasteiger partial charge in [0.15, 0.2) is 5.78 Å². The molecule has 1 aliphatic rings. The van der Waals surface area contributed by atoms with Gasteiger partial charge in [-0.25, -0.2) is 0 Å². The molecule has 5 heteroatoms. The summed E-state index contributed by atoms with van der Waals surface area (Å²) < 4.78 is 0. The predicted octanol–water partition coefficient (Wildman–Crippen LogP) is 5.76. The van der Waals surface area contributed by atoms with E-state index < -0.39 is 5.41 Å². The van der Waals surface area contributed by atoms with E-state index in [1.165, 1.54) is 0 Å².